The molecule has 0 saturated carbocycles. The van der Waals surface area contributed by atoms with Crippen LogP contribution in [0.3, 0.4) is 0 Å². The van der Waals surface area contributed by atoms with E-state index < -0.39 is 6.09 Å². The van der Waals surface area contributed by atoms with Crippen molar-refractivity contribution in [3.8, 4) is 0 Å². The maximum Gasteiger partial charge on any atom is 0.404 e. The Balaban J connectivity index is 0. The molecule has 0 aromatic rings. The molecule has 0 unspecified atom stereocenters. The van der Waals surface area contributed by atoms with Crippen LogP contribution in [-0.2, 0) is 14.3 Å². The van der Waals surface area contributed by atoms with E-state index in [1.807, 2.05) is 0 Å². The normalized spacial score (nSPS) is 9.24. The van der Waals surface area contributed by atoms with Crippen molar-refractivity contribution >= 4 is 12.1 Å². The number of amides is 1. The van der Waals surface area contributed by atoms with Crippen molar-refractivity contribution < 1.29 is 19.1 Å². The lowest BCUT2D eigenvalue weighted by Gasteiger charge is -2.02. The van der Waals surface area contributed by atoms with Gasteiger partial charge in [-0.05, 0) is 13.3 Å². The lowest BCUT2D eigenvalue weighted by Crippen LogP contribution is -2.11. The van der Waals surface area contributed by atoms with Crippen molar-refractivity contribution in [2.75, 3.05) is 13.2 Å². The Bertz CT molecular complexity index is 267. The number of hydrogen-bond acceptors (Lipinski definition) is 4. The summed E-state index contributed by atoms with van der Waals surface area (Å²) in [6.07, 6.45) is 10.6. The van der Waals surface area contributed by atoms with Crippen molar-refractivity contribution in [3.63, 3.8) is 0 Å². The van der Waals surface area contributed by atoms with E-state index >= 15 is 0 Å². The van der Waals surface area contributed by atoms with Gasteiger partial charge in [0.25, 0.3) is 0 Å². The molecule has 0 aliphatic heterocycles. The summed E-state index contributed by atoms with van der Waals surface area (Å²) in [6.45, 7) is 8.17. The Hall–Kier alpha value is -1.52. The first kappa shape index (κ1) is 21.8. The van der Waals surface area contributed by atoms with Crippen LogP contribution in [-0.4, -0.2) is 25.3 Å². The highest BCUT2D eigenvalue weighted by Crippen LogP contribution is 2.08. The molecule has 0 spiro atoms. The number of unbranched alkanes of at least 4 members (excludes halogenated alkanes) is 7. The molecule has 0 rings (SSSR count). The average molecular weight is 301 g/mol. The first-order valence-electron chi connectivity index (χ1n) is 7.79. The maximum absolute atomic E-state index is 10.7. The second-order valence-corrected chi connectivity index (χ2v) is 4.60. The van der Waals surface area contributed by atoms with Gasteiger partial charge < -0.3 is 15.2 Å². The number of esters is 1. The van der Waals surface area contributed by atoms with Crippen molar-refractivity contribution in [1.82, 2.24) is 0 Å². The van der Waals surface area contributed by atoms with Crippen molar-refractivity contribution in [3.05, 3.63) is 12.7 Å². The van der Waals surface area contributed by atoms with Gasteiger partial charge in [0, 0.05) is 6.08 Å². The minimum atomic E-state index is -0.711. The van der Waals surface area contributed by atoms with Crippen LogP contribution in [0.25, 0.3) is 0 Å². The number of hydrogen-bond donors (Lipinski definition) is 1. The zero-order valence-corrected chi connectivity index (χ0v) is 13.6. The standard InChI is InChI=1S/C13H24O2.C3H7NO2/c1-3-5-6-7-8-9-10-11-12-15-13(14)4-2;1-2-6-3(4)5/h4H,2-3,5-12H2,1H3;2H2,1H3,(H2,4,5). The molecule has 0 bridgehead atoms. The van der Waals surface area contributed by atoms with Crippen LogP contribution in [0.15, 0.2) is 12.7 Å². The highest BCUT2D eigenvalue weighted by Gasteiger charge is 1.95. The summed E-state index contributed by atoms with van der Waals surface area (Å²) in [4.78, 5) is 20.3. The van der Waals surface area contributed by atoms with Gasteiger partial charge >= 0.3 is 12.1 Å². The average Bonchev–Trinajstić information content (AvgIpc) is 2.45. The van der Waals surface area contributed by atoms with E-state index in [1.54, 1.807) is 6.92 Å². The zero-order chi connectivity index (χ0) is 16.3. The van der Waals surface area contributed by atoms with E-state index in [4.69, 9.17) is 4.74 Å². The molecular weight excluding hydrogens is 270 g/mol. The lowest BCUT2D eigenvalue weighted by molar-refractivity contribution is -0.137. The number of nitrogens with two attached hydrogens (primary N) is 1. The van der Waals surface area contributed by atoms with Crippen molar-refractivity contribution in [1.29, 1.82) is 0 Å². The van der Waals surface area contributed by atoms with Gasteiger partial charge in [0.1, 0.15) is 0 Å². The molecule has 0 radical (unpaired) electrons. The van der Waals surface area contributed by atoms with Crippen LogP contribution >= 0.6 is 0 Å². The second kappa shape index (κ2) is 18.5. The summed E-state index contributed by atoms with van der Waals surface area (Å²) in [5.41, 5.74) is 4.54. The van der Waals surface area contributed by atoms with E-state index in [9.17, 15) is 9.59 Å². The molecule has 0 aliphatic carbocycles. The topological polar surface area (TPSA) is 78.6 Å². The minimum absolute atomic E-state index is 0.307. The molecule has 5 nitrogen and oxygen atoms in total. The van der Waals surface area contributed by atoms with E-state index in [1.165, 1.54) is 44.6 Å². The summed E-state index contributed by atoms with van der Waals surface area (Å²) >= 11 is 0. The Morgan fingerprint density at radius 1 is 0.952 bits per heavy atom. The third-order valence-corrected chi connectivity index (χ3v) is 2.70. The summed E-state index contributed by atoms with van der Waals surface area (Å²) < 4.78 is 9.06. The molecule has 0 aromatic heterocycles. The molecule has 21 heavy (non-hydrogen) atoms. The fourth-order valence-corrected chi connectivity index (χ4v) is 1.61. The molecule has 0 heterocycles. The monoisotopic (exact) mass is 301 g/mol. The predicted molar refractivity (Wildman–Crippen MR) is 85.0 cm³/mol. The molecule has 0 atom stereocenters. The van der Waals surface area contributed by atoms with Crippen molar-refractivity contribution in [2.24, 2.45) is 5.73 Å². The zero-order valence-electron chi connectivity index (χ0n) is 13.6. The molecule has 0 fully saturated rings. The number of rotatable bonds is 11. The van der Waals surface area contributed by atoms with Gasteiger partial charge in [0.05, 0.1) is 13.2 Å². The summed E-state index contributed by atoms with van der Waals surface area (Å²) in [5.74, 6) is -0.307. The molecule has 0 aromatic carbocycles. The third-order valence-electron chi connectivity index (χ3n) is 2.70. The predicted octanol–water partition coefficient (Wildman–Crippen LogP) is 3.96. The summed E-state index contributed by atoms with van der Waals surface area (Å²) in [7, 11) is 0. The molecule has 2 N–H and O–H groups in total. The van der Waals surface area contributed by atoms with Gasteiger partial charge in [-0.3, -0.25) is 0 Å². The van der Waals surface area contributed by atoms with Gasteiger partial charge in [-0.1, -0.05) is 58.4 Å². The van der Waals surface area contributed by atoms with E-state index in [2.05, 4.69) is 24.0 Å². The molecule has 0 saturated heterocycles. The largest absolute Gasteiger partial charge is 0.463 e. The Labute approximate surface area is 128 Å². The fourth-order valence-electron chi connectivity index (χ4n) is 1.61. The van der Waals surface area contributed by atoms with Crippen LogP contribution in [0.5, 0.6) is 0 Å². The molecular formula is C16H31NO4. The van der Waals surface area contributed by atoms with E-state index in [-0.39, 0.29) is 5.97 Å². The van der Waals surface area contributed by atoms with Gasteiger partial charge in [-0.15, -0.1) is 0 Å². The highest BCUT2D eigenvalue weighted by molar-refractivity contribution is 5.81. The van der Waals surface area contributed by atoms with Crippen LogP contribution < -0.4 is 5.73 Å². The molecule has 5 heteroatoms. The Morgan fingerprint density at radius 3 is 1.86 bits per heavy atom. The van der Waals surface area contributed by atoms with Gasteiger partial charge in [-0.25, -0.2) is 9.59 Å². The van der Waals surface area contributed by atoms with Gasteiger partial charge in [-0.2, -0.15) is 0 Å². The fraction of sp³-hybridized carbons (Fsp3) is 0.750. The minimum Gasteiger partial charge on any atom is -0.463 e. The first-order chi connectivity index (χ1) is 10.1. The van der Waals surface area contributed by atoms with Crippen LogP contribution in [0, 0.1) is 0 Å². The second-order valence-electron chi connectivity index (χ2n) is 4.60. The van der Waals surface area contributed by atoms with Crippen LogP contribution in [0.1, 0.15) is 65.2 Å². The smallest absolute Gasteiger partial charge is 0.404 e. The highest BCUT2D eigenvalue weighted by atomic mass is 16.5. The molecule has 124 valence electrons. The Morgan fingerprint density at radius 2 is 1.48 bits per heavy atom. The third kappa shape index (κ3) is 23.9. The molecule has 1 amide bonds. The van der Waals surface area contributed by atoms with Crippen LogP contribution in [0.2, 0.25) is 0 Å². The SMILES string of the molecule is C=CC(=O)OCCCCCCCCCC.CCOC(N)=O. The maximum atomic E-state index is 10.7. The number of ether oxygens (including phenoxy) is 2. The number of carbonyl (C=O) groups is 2. The molecule has 0 aliphatic rings. The van der Waals surface area contributed by atoms with E-state index in [0.29, 0.717) is 13.2 Å². The van der Waals surface area contributed by atoms with Crippen molar-refractivity contribution in [2.45, 2.75) is 65.2 Å². The summed E-state index contributed by atoms with van der Waals surface area (Å²) in [5, 5.41) is 0. The number of carbonyl (C=O) groups excluding carboxylic acids is 2. The van der Waals surface area contributed by atoms with Gasteiger partial charge in [0.15, 0.2) is 0 Å². The summed E-state index contributed by atoms with van der Waals surface area (Å²) in [6, 6.07) is 0. The van der Waals surface area contributed by atoms with Gasteiger partial charge in [0.2, 0.25) is 0 Å². The van der Waals surface area contributed by atoms with Crippen LogP contribution in [0.4, 0.5) is 4.79 Å². The lowest BCUT2D eigenvalue weighted by atomic mass is 10.1. The van der Waals surface area contributed by atoms with E-state index in [0.717, 1.165) is 12.8 Å². The first-order valence-corrected chi connectivity index (χ1v) is 7.79. The quantitative estimate of drug-likeness (QED) is 0.356. The number of primary amides is 1. The Kier molecular flexibility index (Phi) is 19.2.